The second-order valence-electron chi connectivity index (χ2n) is 11.5. The maximum atomic E-state index is 13.6. The number of Topliss-reactive ketones (excluding diaryl/α,β-unsaturated/α-hetero) is 1. The summed E-state index contributed by atoms with van der Waals surface area (Å²) in [6.07, 6.45) is 2.32. The number of phenols is 1. The molecule has 0 fully saturated rings. The van der Waals surface area contributed by atoms with Crippen molar-refractivity contribution in [2.75, 3.05) is 48.6 Å². The highest BCUT2D eigenvalue weighted by molar-refractivity contribution is 6.52. The molecule has 9 heteroatoms. The minimum Gasteiger partial charge on any atom is -0.504 e. The first-order valence-electron chi connectivity index (χ1n) is 15.2. The Bertz CT molecular complexity index is 1800. The third kappa shape index (κ3) is 5.98. The van der Waals surface area contributed by atoms with Crippen LogP contribution in [-0.2, 0) is 19.3 Å². The average molecular weight is 623 g/mol. The number of likely N-dealkylation sites (N-methyl/N-ethyl adjacent to an activating group) is 1. The van der Waals surface area contributed by atoms with Gasteiger partial charge in [-0.05, 0) is 109 Å². The van der Waals surface area contributed by atoms with Crippen molar-refractivity contribution in [1.82, 2.24) is 4.90 Å². The van der Waals surface area contributed by atoms with Crippen LogP contribution in [0.2, 0.25) is 0 Å². The number of carbonyl (C=O) groups excluding carboxylic acids is 1. The number of hydrogen-bond donors (Lipinski definition) is 1. The zero-order valence-corrected chi connectivity index (χ0v) is 26.8. The molecule has 0 radical (unpaired) electrons. The van der Waals surface area contributed by atoms with E-state index in [-0.39, 0.29) is 17.6 Å². The van der Waals surface area contributed by atoms with Gasteiger partial charge in [0.25, 0.3) is 0 Å². The number of carbonyl (C=O) groups is 1. The molecule has 0 amide bonds. The Labute approximate surface area is 269 Å². The fourth-order valence-electron chi connectivity index (χ4n) is 6.28. The lowest BCUT2D eigenvalue weighted by Crippen LogP contribution is -2.33. The Kier molecular flexibility index (Phi) is 8.85. The Balaban J connectivity index is 1.22. The summed E-state index contributed by atoms with van der Waals surface area (Å²) in [5.74, 6) is 3.40. The monoisotopic (exact) mass is 622 g/mol. The second-order valence-corrected chi connectivity index (χ2v) is 11.5. The van der Waals surface area contributed by atoms with Gasteiger partial charge in [-0.25, -0.2) is 0 Å². The largest absolute Gasteiger partial charge is 0.504 e. The van der Waals surface area contributed by atoms with Gasteiger partial charge >= 0.3 is 0 Å². The highest BCUT2D eigenvalue weighted by atomic mass is 16.5. The van der Waals surface area contributed by atoms with Gasteiger partial charge in [0, 0.05) is 30.3 Å². The third-order valence-corrected chi connectivity index (χ3v) is 8.80. The molecule has 0 unspecified atom stereocenters. The molecule has 1 N–H and O–H groups in total. The van der Waals surface area contributed by atoms with Crippen LogP contribution in [0.4, 0.5) is 0 Å². The van der Waals surface area contributed by atoms with Gasteiger partial charge in [-0.15, -0.1) is 0 Å². The summed E-state index contributed by atoms with van der Waals surface area (Å²) in [4.78, 5) is 20.5. The van der Waals surface area contributed by atoms with Crippen LogP contribution in [0.5, 0.6) is 40.2 Å². The van der Waals surface area contributed by atoms with Crippen molar-refractivity contribution in [3.05, 3.63) is 100 Å². The van der Waals surface area contributed by atoms with Crippen LogP contribution in [-0.4, -0.2) is 70.1 Å². The summed E-state index contributed by atoms with van der Waals surface area (Å²) in [6, 6.07) is 20.5. The predicted octanol–water partition coefficient (Wildman–Crippen LogP) is 6.22. The molecule has 0 saturated heterocycles. The van der Waals surface area contributed by atoms with Crippen molar-refractivity contribution in [3.8, 4) is 40.2 Å². The van der Waals surface area contributed by atoms with Gasteiger partial charge in [0.1, 0.15) is 11.5 Å². The summed E-state index contributed by atoms with van der Waals surface area (Å²) < 4.78 is 28.2. The molecule has 2 heterocycles. The average Bonchev–Trinajstić information content (AvgIpc) is 3.08. The summed E-state index contributed by atoms with van der Waals surface area (Å²) in [5.41, 5.74) is 6.01. The van der Waals surface area contributed by atoms with Gasteiger partial charge in [0.05, 0.1) is 28.4 Å². The van der Waals surface area contributed by atoms with Crippen molar-refractivity contribution in [3.63, 3.8) is 0 Å². The van der Waals surface area contributed by atoms with Crippen LogP contribution in [0.15, 0.2) is 71.7 Å². The van der Waals surface area contributed by atoms with E-state index in [1.165, 1.54) is 5.56 Å². The van der Waals surface area contributed by atoms with Crippen LogP contribution >= 0.6 is 0 Å². The van der Waals surface area contributed by atoms with E-state index in [0.29, 0.717) is 58.7 Å². The van der Waals surface area contributed by atoms with Crippen molar-refractivity contribution < 1.29 is 33.6 Å². The van der Waals surface area contributed by atoms with Crippen molar-refractivity contribution in [2.45, 2.75) is 25.3 Å². The summed E-state index contributed by atoms with van der Waals surface area (Å²) in [7, 11) is 8.45. The normalized spacial score (nSPS) is 15.7. The molecule has 6 rings (SSSR count). The molecule has 0 saturated carbocycles. The third-order valence-electron chi connectivity index (χ3n) is 8.80. The second kappa shape index (κ2) is 13.1. The predicted molar refractivity (Wildman–Crippen MR) is 176 cm³/mol. The lowest BCUT2D eigenvalue weighted by molar-refractivity contribution is 0.106. The van der Waals surface area contributed by atoms with Gasteiger partial charge in [0.2, 0.25) is 5.78 Å². The van der Waals surface area contributed by atoms with Gasteiger partial charge < -0.3 is 28.8 Å². The quantitative estimate of drug-likeness (QED) is 0.208. The number of ketones is 1. The Morgan fingerprint density at radius 1 is 0.804 bits per heavy atom. The van der Waals surface area contributed by atoms with E-state index < -0.39 is 0 Å². The van der Waals surface area contributed by atoms with E-state index in [1.54, 1.807) is 52.7 Å². The van der Waals surface area contributed by atoms with Crippen LogP contribution in [0.25, 0.3) is 0 Å². The molecular formula is C37H38N2O7. The van der Waals surface area contributed by atoms with Crippen molar-refractivity contribution in [2.24, 2.45) is 4.99 Å². The number of benzene rings is 4. The van der Waals surface area contributed by atoms with Gasteiger partial charge in [-0.1, -0.05) is 6.07 Å². The maximum Gasteiger partial charge on any atom is 0.211 e. The minimum absolute atomic E-state index is 0.0704. The molecule has 238 valence electrons. The number of phenolic OH excluding ortho intramolecular Hbond substituents is 1. The van der Waals surface area contributed by atoms with Gasteiger partial charge in [-0.3, -0.25) is 14.7 Å². The number of fused-ring (bicyclic) bond motifs is 2. The molecule has 2 aliphatic heterocycles. The SMILES string of the molecule is COc1cc2c(cc1O)[C@@H](Cc1ccc(OC)c(Oc3ccc(C(=O)C4=NCCc5cc(OC)c(OC)cc54)cc3)c1)N(C)CC2. The molecule has 0 bridgehead atoms. The maximum absolute atomic E-state index is 13.6. The Morgan fingerprint density at radius 3 is 2.22 bits per heavy atom. The first kappa shape index (κ1) is 31.0. The van der Waals surface area contributed by atoms with Crippen molar-refractivity contribution >= 4 is 11.5 Å². The molecule has 46 heavy (non-hydrogen) atoms. The fourth-order valence-corrected chi connectivity index (χ4v) is 6.28. The highest BCUT2D eigenvalue weighted by Gasteiger charge is 2.28. The topological polar surface area (TPSA) is 99.1 Å². The molecule has 0 spiro atoms. The summed E-state index contributed by atoms with van der Waals surface area (Å²) in [5, 5.41) is 10.5. The number of hydrogen-bond acceptors (Lipinski definition) is 9. The molecule has 4 aromatic rings. The van der Waals surface area contributed by atoms with Crippen LogP contribution in [0.3, 0.4) is 0 Å². The zero-order chi connectivity index (χ0) is 32.4. The number of aromatic hydroxyl groups is 1. The first-order valence-corrected chi connectivity index (χ1v) is 15.2. The molecular weight excluding hydrogens is 584 g/mol. The van der Waals surface area contributed by atoms with Gasteiger partial charge in [0.15, 0.2) is 34.5 Å². The lowest BCUT2D eigenvalue weighted by atomic mass is 9.88. The molecule has 4 aromatic carbocycles. The number of nitrogens with zero attached hydrogens (tertiary/aromatic N) is 2. The Morgan fingerprint density at radius 2 is 1.50 bits per heavy atom. The summed E-state index contributed by atoms with van der Waals surface area (Å²) >= 11 is 0. The molecule has 1 atom stereocenters. The van der Waals surface area contributed by atoms with Crippen LogP contribution in [0.1, 0.15) is 44.2 Å². The smallest absolute Gasteiger partial charge is 0.211 e. The molecule has 0 aliphatic carbocycles. The van der Waals surface area contributed by atoms with E-state index in [4.69, 9.17) is 23.7 Å². The van der Waals surface area contributed by atoms with Crippen LogP contribution in [0, 0.1) is 0 Å². The summed E-state index contributed by atoms with van der Waals surface area (Å²) in [6.45, 7) is 1.42. The zero-order valence-electron chi connectivity index (χ0n) is 26.8. The van der Waals surface area contributed by atoms with Crippen molar-refractivity contribution in [1.29, 1.82) is 0 Å². The fraction of sp³-hybridized carbons (Fsp3) is 0.297. The Hall–Kier alpha value is -5.02. The molecule has 2 aliphatic rings. The number of rotatable bonds is 10. The standard InChI is InChI=1S/C37H38N2O7/c1-39-15-13-25-18-32(43-3)30(40)20-27(25)29(39)16-22-6-11-31(42-2)35(17-22)46-26-9-7-23(8-10-26)37(41)36-28-21-34(45-5)33(44-4)19-24(28)12-14-38-36/h6-11,17-21,29,40H,12-16H2,1-5H3/t29-/m1/s1. The molecule has 9 nitrogen and oxygen atoms in total. The first-order chi connectivity index (χ1) is 22.3. The van der Waals surface area contributed by atoms with Crippen LogP contribution < -0.4 is 23.7 Å². The van der Waals surface area contributed by atoms with E-state index in [2.05, 4.69) is 16.9 Å². The lowest BCUT2D eigenvalue weighted by Gasteiger charge is -2.35. The van der Waals surface area contributed by atoms with E-state index in [0.717, 1.165) is 41.6 Å². The van der Waals surface area contributed by atoms with E-state index >= 15 is 0 Å². The number of aliphatic imine (C=N–C) groups is 1. The molecule has 0 aromatic heterocycles. The minimum atomic E-state index is -0.167. The highest BCUT2D eigenvalue weighted by Crippen LogP contribution is 2.40. The number of ether oxygens (including phenoxy) is 5. The van der Waals surface area contributed by atoms with Gasteiger partial charge in [-0.2, -0.15) is 0 Å². The number of methoxy groups -OCH3 is 4. The van der Waals surface area contributed by atoms with E-state index in [1.807, 2.05) is 42.5 Å². The van der Waals surface area contributed by atoms with E-state index in [9.17, 15) is 9.90 Å².